The van der Waals surface area contributed by atoms with Crippen LogP contribution in [0.15, 0.2) is 67.0 Å². The summed E-state index contributed by atoms with van der Waals surface area (Å²) in [5.74, 6) is 0.0482. The maximum absolute atomic E-state index is 9.67. The molecule has 0 saturated heterocycles. The van der Waals surface area contributed by atoms with E-state index < -0.39 is 0 Å². The van der Waals surface area contributed by atoms with Gasteiger partial charge in [-0.3, -0.25) is 4.98 Å². The molecule has 2 aromatic carbocycles. The van der Waals surface area contributed by atoms with Crippen LogP contribution in [0.25, 0.3) is 11.1 Å². The summed E-state index contributed by atoms with van der Waals surface area (Å²) in [7, 11) is 0. The molecule has 3 aromatic rings. The molecule has 5 heteroatoms. The standard InChI is InChI=1S/C19H17ClN2O2/c20-17-9-14(6-7-19(17)24)15-8-16(11-21-10-15)22-18(12-23)13-4-2-1-3-5-13/h1-11,18,22-24H,12H2/t18-/m0/s1. The van der Waals surface area contributed by atoms with Crippen molar-refractivity contribution in [1.82, 2.24) is 4.98 Å². The number of hydrogen-bond donors (Lipinski definition) is 3. The minimum Gasteiger partial charge on any atom is -0.506 e. The van der Waals surface area contributed by atoms with Crippen LogP contribution in [0.3, 0.4) is 0 Å². The Labute approximate surface area is 145 Å². The minimum atomic E-state index is -0.216. The van der Waals surface area contributed by atoms with Crippen molar-refractivity contribution < 1.29 is 10.2 Å². The van der Waals surface area contributed by atoms with Crippen LogP contribution in [0.5, 0.6) is 5.75 Å². The number of hydrogen-bond acceptors (Lipinski definition) is 4. The number of halogens is 1. The zero-order chi connectivity index (χ0) is 16.9. The van der Waals surface area contributed by atoms with Crippen molar-refractivity contribution >= 4 is 17.3 Å². The number of aromatic nitrogens is 1. The normalized spacial score (nSPS) is 11.9. The first-order valence-electron chi connectivity index (χ1n) is 7.53. The van der Waals surface area contributed by atoms with Crippen LogP contribution in [0.4, 0.5) is 5.69 Å². The first kappa shape index (κ1) is 16.3. The lowest BCUT2D eigenvalue weighted by atomic mass is 10.1. The predicted octanol–water partition coefficient (Wildman–Crippen LogP) is 4.25. The van der Waals surface area contributed by atoms with E-state index in [9.17, 15) is 10.2 Å². The van der Waals surface area contributed by atoms with E-state index in [1.54, 1.807) is 30.6 Å². The number of nitrogens with one attached hydrogen (secondary N) is 1. The summed E-state index contributed by atoms with van der Waals surface area (Å²) in [4.78, 5) is 4.24. The maximum atomic E-state index is 9.67. The van der Waals surface area contributed by atoms with Gasteiger partial charge in [-0.1, -0.05) is 48.0 Å². The molecule has 24 heavy (non-hydrogen) atoms. The van der Waals surface area contributed by atoms with Crippen LogP contribution < -0.4 is 5.32 Å². The predicted molar refractivity (Wildman–Crippen MR) is 96.2 cm³/mol. The Morgan fingerprint density at radius 3 is 2.50 bits per heavy atom. The molecule has 0 spiro atoms. The minimum absolute atomic E-state index is 0.0285. The van der Waals surface area contributed by atoms with Crippen LogP contribution in [-0.2, 0) is 0 Å². The fourth-order valence-electron chi connectivity index (χ4n) is 2.48. The molecule has 0 aliphatic rings. The van der Waals surface area contributed by atoms with Gasteiger partial charge in [0.1, 0.15) is 5.75 Å². The van der Waals surface area contributed by atoms with Gasteiger partial charge in [-0.15, -0.1) is 0 Å². The van der Waals surface area contributed by atoms with Crippen LogP contribution >= 0.6 is 11.6 Å². The van der Waals surface area contributed by atoms with E-state index in [0.29, 0.717) is 5.02 Å². The van der Waals surface area contributed by atoms with Gasteiger partial charge in [-0.25, -0.2) is 0 Å². The van der Waals surface area contributed by atoms with E-state index in [0.717, 1.165) is 22.4 Å². The highest BCUT2D eigenvalue weighted by Gasteiger charge is 2.11. The molecule has 1 aromatic heterocycles. The van der Waals surface area contributed by atoms with E-state index >= 15 is 0 Å². The highest BCUT2D eigenvalue weighted by molar-refractivity contribution is 6.32. The quantitative estimate of drug-likeness (QED) is 0.649. The second-order valence-corrected chi connectivity index (χ2v) is 5.83. The van der Waals surface area contributed by atoms with Crippen molar-refractivity contribution in [2.75, 3.05) is 11.9 Å². The average Bonchev–Trinajstić information content (AvgIpc) is 2.63. The van der Waals surface area contributed by atoms with Gasteiger partial charge in [0.25, 0.3) is 0 Å². The van der Waals surface area contributed by atoms with E-state index in [1.165, 1.54) is 0 Å². The molecule has 0 fully saturated rings. The molecule has 0 aliphatic carbocycles. The fraction of sp³-hybridized carbons (Fsp3) is 0.105. The molecule has 4 nitrogen and oxygen atoms in total. The highest BCUT2D eigenvalue weighted by atomic mass is 35.5. The van der Waals surface area contributed by atoms with Gasteiger partial charge in [-0.2, -0.15) is 0 Å². The number of pyridine rings is 1. The first-order chi connectivity index (χ1) is 11.7. The number of nitrogens with zero attached hydrogens (tertiary/aromatic N) is 1. The third kappa shape index (κ3) is 3.67. The fourth-order valence-corrected chi connectivity index (χ4v) is 2.66. The Hall–Kier alpha value is -2.56. The van der Waals surface area contributed by atoms with E-state index in [4.69, 9.17) is 11.6 Å². The lowest BCUT2D eigenvalue weighted by Gasteiger charge is -2.18. The topological polar surface area (TPSA) is 65.4 Å². The molecule has 0 radical (unpaired) electrons. The van der Waals surface area contributed by atoms with E-state index in [2.05, 4.69) is 10.3 Å². The van der Waals surface area contributed by atoms with Crippen molar-refractivity contribution in [3.63, 3.8) is 0 Å². The van der Waals surface area contributed by atoms with Gasteiger partial charge in [0, 0.05) is 18.0 Å². The summed E-state index contributed by atoms with van der Waals surface area (Å²) in [5.41, 5.74) is 3.51. The number of aromatic hydroxyl groups is 1. The smallest absolute Gasteiger partial charge is 0.134 e. The third-order valence-corrected chi connectivity index (χ3v) is 4.05. The molecule has 0 bridgehead atoms. The van der Waals surface area contributed by atoms with Gasteiger partial charge in [0.05, 0.1) is 23.4 Å². The van der Waals surface area contributed by atoms with Gasteiger partial charge < -0.3 is 15.5 Å². The zero-order valence-corrected chi connectivity index (χ0v) is 13.6. The second-order valence-electron chi connectivity index (χ2n) is 5.42. The molecular formula is C19H17ClN2O2. The average molecular weight is 341 g/mol. The molecular weight excluding hydrogens is 324 g/mol. The largest absolute Gasteiger partial charge is 0.506 e. The maximum Gasteiger partial charge on any atom is 0.134 e. The Kier molecular flexibility index (Phi) is 4.99. The van der Waals surface area contributed by atoms with Crippen LogP contribution in [-0.4, -0.2) is 21.8 Å². The van der Waals surface area contributed by atoms with E-state index in [-0.39, 0.29) is 18.4 Å². The second kappa shape index (κ2) is 7.34. The number of phenols is 1. The molecule has 0 saturated carbocycles. The molecule has 3 rings (SSSR count). The van der Waals surface area contributed by atoms with Gasteiger partial charge in [0.15, 0.2) is 0 Å². The van der Waals surface area contributed by atoms with Crippen LogP contribution in [0.1, 0.15) is 11.6 Å². The van der Waals surface area contributed by atoms with Gasteiger partial charge >= 0.3 is 0 Å². The highest BCUT2D eigenvalue weighted by Crippen LogP contribution is 2.30. The van der Waals surface area contributed by atoms with Crippen LogP contribution in [0.2, 0.25) is 5.02 Å². The Balaban J connectivity index is 1.86. The van der Waals surface area contributed by atoms with Crippen molar-refractivity contribution in [1.29, 1.82) is 0 Å². The summed E-state index contributed by atoms with van der Waals surface area (Å²) < 4.78 is 0. The monoisotopic (exact) mass is 340 g/mol. The summed E-state index contributed by atoms with van der Waals surface area (Å²) in [6, 6.07) is 16.5. The summed E-state index contributed by atoms with van der Waals surface area (Å²) in [6.45, 7) is -0.0285. The molecule has 0 unspecified atom stereocenters. The Morgan fingerprint density at radius 2 is 1.79 bits per heavy atom. The Morgan fingerprint density at radius 1 is 1.00 bits per heavy atom. The van der Waals surface area contributed by atoms with Crippen molar-refractivity contribution in [3.8, 4) is 16.9 Å². The number of anilines is 1. The third-order valence-electron chi connectivity index (χ3n) is 3.74. The lowest BCUT2D eigenvalue weighted by Crippen LogP contribution is -2.14. The van der Waals surface area contributed by atoms with E-state index in [1.807, 2.05) is 36.4 Å². The SMILES string of the molecule is OC[C@H](Nc1cncc(-c2ccc(O)c(Cl)c2)c1)c1ccccc1. The lowest BCUT2D eigenvalue weighted by molar-refractivity contribution is 0.276. The van der Waals surface area contributed by atoms with Gasteiger partial charge in [0.2, 0.25) is 0 Å². The number of rotatable bonds is 5. The number of phenolic OH excluding ortho intramolecular Hbond substituents is 1. The summed E-state index contributed by atoms with van der Waals surface area (Å²) in [5, 5.41) is 22.8. The van der Waals surface area contributed by atoms with Crippen molar-refractivity contribution in [3.05, 3.63) is 77.6 Å². The molecule has 3 N–H and O–H groups in total. The number of aliphatic hydroxyl groups is 1. The molecule has 122 valence electrons. The summed E-state index contributed by atoms with van der Waals surface area (Å²) in [6.07, 6.45) is 3.43. The van der Waals surface area contributed by atoms with Crippen molar-refractivity contribution in [2.24, 2.45) is 0 Å². The first-order valence-corrected chi connectivity index (χ1v) is 7.91. The Bertz CT molecular complexity index is 825. The molecule has 0 amide bonds. The zero-order valence-electron chi connectivity index (χ0n) is 12.9. The van der Waals surface area contributed by atoms with Crippen molar-refractivity contribution in [2.45, 2.75) is 6.04 Å². The molecule has 1 heterocycles. The number of benzene rings is 2. The van der Waals surface area contributed by atoms with Gasteiger partial charge in [-0.05, 0) is 29.3 Å². The number of aliphatic hydroxyl groups excluding tert-OH is 1. The summed E-state index contributed by atoms with van der Waals surface area (Å²) >= 11 is 5.97. The van der Waals surface area contributed by atoms with Crippen LogP contribution in [0, 0.1) is 0 Å². The molecule has 0 aliphatic heterocycles. The molecule has 1 atom stereocenters.